The van der Waals surface area contributed by atoms with Gasteiger partial charge in [-0.05, 0) is 19.2 Å². The summed E-state index contributed by atoms with van der Waals surface area (Å²) in [5, 5.41) is 0. The first kappa shape index (κ1) is 9.53. The first-order valence-electron chi connectivity index (χ1n) is 5.12. The molecule has 0 bridgehead atoms. The summed E-state index contributed by atoms with van der Waals surface area (Å²) >= 11 is 0. The van der Waals surface area contributed by atoms with E-state index in [1.165, 1.54) is 5.46 Å². The highest BCUT2D eigenvalue weighted by Crippen LogP contribution is 2.10. The fourth-order valence-corrected chi connectivity index (χ4v) is 1.73. The predicted octanol–water partition coefficient (Wildman–Crippen LogP) is -0.908. The number of hydrogen-bond donors (Lipinski definition) is 0. The Labute approximate surface area is 86.1 Å². The summed E-state index contributed by atoms with van der Waals surface area (Å²) in [5.41, 5.74) is 1.29. The lowest BCUT2D eigenvalue weighted by Gasteiger charge is -2.33. The van der Waals surface area contributed by atoms with E-state index in [1.54, 1.807) is 0 Å². The molecule has 1 aromatic heterocycles. The molecule has 0 amide bonds. The Morgan fingerprint density at radius 2 is 2.00 bits per heavy atom. The molecule has 1 fully saturated rings. The summed E-state index contributed by atoms with van der Waals surface area (Å²) in [6.07, 6.45) is 1.89. The molecule has 2 heterocycles. The van der Waals surface area contributed by atoms with Crippen LogP contribution in [0.25, 0.3) is 0 Å². The van der Waals surface area contributed by atoms with Crippen molar-refractivity contribution in [1.82, 2.24) is 9.88 Å². The van der Waals surface area contributed by atoms with Crippen LogP contribution in [0.2, 0.25) is 0 Å². The monoisotopic (exact) mass is 189 g/mol. The molecule has 0 spiro atoms. The average Bonchev–Trinajstić information content (AvgIpc) is 2.19. The van der Waals surface area contributed by atoms with Crippen LogP contribution in [0.1, 0.15) is 0 Å². The van der Waals surface area contributed by atoms with Gasteiger partial charge in [0.1, 0.15) is 13.7 Å². The number of piperazine rings is 1. The SMILES string of the molecule is Bc1ccnc(N2CCN(C)CC2)c1. The molecule has 2 rings (SSSR count). The molecule has 0 unspecified atom stereocenters. The zero-order chi connectivity index (χ0) is 9.97. The molecule has 3 nitrogen and oxygen atoms in total. The summed E-state index contributed by atoms with van der Waals surface area (Å²) in [4.78, 5) is 9.10. The fraction of sp³-hybridized carbons (Fsp3) is 0.500. The van der Waals surface area contributed by atoms with Crippen LogP contribution in [0.15, 0.2) is 18.3 Å². The van der Waals surface area contributed by atoms with Crippen molar-refractivity contribution in [3.8, 4) is 0 Å². The molecule has 1 saturated heterocycles. The van der Waals surface area contributed by atoms with Gasteiger partial charge in [0.15, 0.2) is 0 Å². The molecule has 0 radical (unpaired) electrons. The molecule has 0 aromatic carbocycles. The number of rotatable bonds is 1. The van der Waals surface area contributed by atoms with Crippen LogP contribution in [0, 0.1) is 0 Å². The number of pyridine rings is 1. The Morgan fingerprint density at radius 1 is 1.29 bits per heavy atom. The molecule has 14 heavy (non-hydrogen) atoms. The van der Waals surface area contributed by atoms with E-state index in [4.69, 9.17) is 0 Å². The van der Waals surface area contributed by atoms with E-state index in [0.717, 1.165) is 32.0 Å². The van der Waals surface area contributed by atoms with Crippen LogP contribution in [0.5, 0.6) is 0 Å². The highest BCUT2D eigenvalue weighted by Gasteiger charge is 2.14. The van der Waals surface area contributed by atoms with Gasteiger partial charge in [-0.25, -0.2) is 4.98 Å². The van der Waals surface area contributed by atoms with Crippen molar-refractivity contribution in [1.29, 1.82) is 0 Å². The number of hydrogen-bond acceptors (Lipinski definition) is 3. The van der Waals surface area contributed by atoms with Crippen molar-refractivity contribution in [3.05, 3.63) is 18.3 Å². The summed E-state index contributed by atoms with van der Waals surface area (Å²) in [6.45, 7) is 4.45. The Morgan fingerprint density at radius 3 is 2.64 bits per heavy atom. The van der Waals surface area contributed by atoms with Crippen LogP contribution in [0.4, 0.5) is 5.82 Å². The van der Waals surface area contributed by atoms with Crippen molar-refractivity contribution in [3.63, 3.8) is 0 Å². The summed E-state index contributed by atoms with van der Waals surface area (Å²) in [7, 11) is 4.28. The highest BCUT2D eigenvalue weighted by atomic mass is 15.3. The molecule has 0 aliphatic carbocycles. The van der Waals surface area contributed by atoms with Crippen LogP contribution in [0.3, 0.4) is 0 Å². The molecule has 0 N–H and O–H groups in total. The molecular formula is C10H16BN3. The van der Waals surface area contributed by atoms with Gasteiger partial charge in [-0.15, -0.1) is 0 Å². The number of likely N-dealkylation sites (N-methyl/N-ethyl adjacent to an activating group) is 1. The van der Waals surface area contributed by atoms with Gasteiger partial charge in [-0.3, -0.25) is 0 Å². The topological polar surface area (TPSA) is 19.4 Å². The summed E-state index contributed by atoms with van der Waals surface area (Å²) < 4.78 is 0. The smallest absolute Gasteiger partial charge is 0.139 e. The summed E-state index contributed by atoms with van der Waals surface area (Å²) in [5.74, 6) is 1.12. The molecule has 0 atom stereocenters. The molecule has 1 aliphatic heterocycles. The van der Waals surface area contributed by atoms with Gasteiger partial charge < -0.3 is 9.80 Å². The molecule has 0 saturated carbocycles. The third-order valence-corrected chi connectivity index (χ3v) is 2.73. The van der Waals surface area contributed by atoms with E-state index in [1.807, 2.05) is 12.3 Å². The number of anilines is 1. The van der Waals surface area contributed by atoms with E-state index in [0.29, 0.717) is 0 Å². The third kappa shape index (κ3) is 2.07. The lowest BCUT2D eigenvalue weighted by atomic mass is 9.98. The molecule has 4 heteroatoms. The zero-order valence-corrected chi connectivity index (χ0v) is 8.90. The van der Waals surface area contributed by atoms with E-state index in [2.05, 4.69) is 35.7 Å². The largest absolute Gasteiger partial charge is 0.354 e. The molecule has 74 valence electrons. The van der Waals surface area contributed by atoms with Crippen LogP contribution in [-0.2, 0) is 0 Å². The lowest BCUT2D eigenvalue weighted by Crippen LogP contribution is -2.45. The second-order valence-electron chi connectivity index (χ2n) is 3.98. The van der Waals surface area contributed by atoms with Gasteiger partial charge in [0, 0.05) is 32.4 Å². The Hall–Kier alpha value is -1.03. The maximum Gasteiger partial charge on any atom is 0.139 e. The minimum absolute atomic E-state index is 1.09. The van der Waals surface area contributed by atoms with Crippen LogP contribution < -0.4 is 10.4 Å². The molecule has 1 aliphatic rings. The second kappa shape index (κ2) is 4.01. The number of aromatic nitrogens is 1. The first-order valence-corrected chi connectivity index (χ1v) is 5.12. The fourth-order valence-electron chi connectivity index (χ4n) is 1.73. The zero-order valence-electron chi connectivity index (χ0n) is 8.90. The van der Waals surface area contributed by atoms with Crippen molar-refractivity contribution in [2.45, 2.75) is 0 Å². The van der Waals surface area contributed by atoms with E-state index < -0.39 is 0 Å². The standard InChI is InChI=1S/C10H16BN3/c1-13-4-6-14(7-5-13)10-8-9(11)2-3-12-10/h2-3,8H,4-7,11H2,1H3. The van der Waals surface area contributed by atoms with Crippen molar-refractivity contribution >= 4 is 19.1 Å². The quantitative estimate of drug-likeness (QED) is 0.533. The van der Waals surface area contributed by atoms with Crippen molar-refractivity contribution < 1.29 is 0 Å². The lowest BCUT2D eigenvalue weighted by molar-refractivity contribution is 0.312. The van der Waals surface area contributed by atoms with E-state index in [9.17, 15) is 0 Å². The van der Waals surface area contributed by atoms with Gasteiger partial charge in [0.25, 0.3) is 0 Å². The Bertz CT molecular complexity index is 308. The van der Waals surface area contributed by atoms with Gasteiger partial charge in [-0.2, -0.15) is 0 Å². The maximum absolute atomic E-state index is 4.40. The minimum atomic E-state index is 1.09. The second-order valence-corrected chi connectivity index (χ2v) is 3.98. The highest BCUT2D eigenvalue weighted by molar-refractivity contribution is 6.32. The molecule has 1 aromatic rings. The van der Waals surface area contributed by atoms with Gasteiger partial charge in [0.2, 0.25) is 0 Å². The van der Waals surface area contributed by atoms with Crippen molar-refractivity contribution in [2.75, 3.05) is 38.1 Å². The van der Waals surface area contributed by atoms with Crippen LogP contribution >= 0.6 is 0 Å². The van der Waals surface area contributed by atoms with Gasteiger partial charge >= 0.3 is 0 Å². The predicted molar refractivity (Wildman–Crippen MR) is 62.1 cm³/mol. The Kier molecular flexibility index (Phi) is 2.73. The average molecular weight is 189 g/mol. The summed E-state index contributed by atoms with van der Waals surface area (Å²) in [6, 6.07) is 4.20. The molecular weight excluding hydrogens is 173 g/mol. The Balaban J connectivity index is 2.08. The van der Waals surface area contributed by atoms with Crippen LogP contribution in [-0.4, -0.2) is 51.0 Å². The van der Waals surface area contributed by atoms with Crippen molar-refractivity contribution in [2.24, 2.45) is 0 Å². The van der Waals surface area contributed by atoms with E-state index >= 15 is 0 Å². The first-order chi connectivity index (χ1) is 6.75. The van der Waals surface area contributed by atoms with E-state index in [-0.39, 0.29) is 0 Å². The van der Waals surface area contributed by atoms with Gasteiger partial charge in [-0.1, -0.05) is 5.46 Å². The normalized spacial score (nSPS) is 18.5. The van der Waals surface area contributed by atoms with Gasteiger partial charge in [0.05, 0.1) is 0 Å². The minimum Gasteiger partial charge on any atom is -0.354 e. The third-order valence-electron chi connectivity index (χ3n) is 2.73. The maximum atomic E-state index is 4.40. The number of nitrogens with zero attached hydrogens (tertiary/aromatic N) is 3.